The Morgan fingerprint density at radius 1 is 1.00 bits per heavy atom. The maximum Gasteiger partial charge on any atom is 0.108 e. The van der Waals surface area contributed by atoms with E-state index < -0.39 is 0 Å². The minimum absolute atomic E-state index is 0.0560. The summed E-state index contributed by atoms with van der Waals surface area (Å²) < 4.78 is 11.1. The van der Waals surface area contributed by atoms with Crippen LogP contribution in [0, 0.1) is 17.4 Å². The van der Waals surface area contributed by atoms with Crippen LogP contribution in [0.15, 0.2) is 0 Å². The van der Waals surface area contributed by atoms with E-state index in [-0.39, 0.29) is 11.0 Å². The first kappa shape index (κ1) is 16.3. The highest BCUT2D eigenvalue weighted by molar-refractivity contribution is 5.03. The molecule has 3 nitrogen and oxygen atoms in total. The maximum absolute atomic E-state index is 8.52. The fraction of sp³-hybridized carbons (Fsp3) is 0.857. The molecule has 0 aromatic carbocycles. The smallest absolute Gasteiger partial charge is 0.108 e. The molecule has 0 saturated carbocycles. The summed E-state index contributed by atoms with van der Waals surface area (Å²) in [6.07, 6.45) is 3.92. The van der Waals surface area contributed by atoms with Crippen molar-refractivity contribution < 1.29 is 14.6 Å². The van der Waals surface area contributed by atoms with Crippen LogP contribution in [0.3, 0.4) is 0 Å². The normalized spacial score (nSPS) is 12.1. The van der Waals surface area contributed by atoms with E-state index in [2.05, 4.69) is 26.7 Å². The average Bonchev–Trinajstić information content (AvgIpc) is 2.14. The van der Waals surface area contributed by atoms with E-state index in [4.69, 9.17) is 14.6 Å². The minimum atomic E-state index is -0.281. The van der Waals surface area contributed by atoms with Gasteiger partial charge in [0.05, 0.1) is 17.6 Å². The van der Waals surface area contributed by atoms with Gasteiger partial charge in [-0.05, 0) is 47.5 Å². The van der Waals surface area contributed by atoms with Crippen LogP contribution < -0.4 is 0 Å². The average molecular weight is 242 g/mol. The molecule has 0 amide bonds. The van der Waals surface area contributed by atoms with Crippen molar-refractivity contribution in [3.8, 4) is 12.0 Å². The SMILES string of the molecule is CC(C)(C#CO)COCCCCOC(C)(C)C. The Hall–Kier alpha value is -0.720. The lowest BCUT2D eigenvalue weighted by Crippen LogP contribution is -2.20. The molecule has 0 bridgehead atoms. The van der Waals surface area contributed by atoms with E-state index in [0.717, 1.165) is 19.4 Å². The van der Waals surface area contributed by atoms with Crippen LogP contribution in [0.4, 0.5) is 0 Å². The molecule has 17 heavy (non-hydrogen) atoms. The highest BCUT2D eigenvalue weighted by Gasteiger charge is 2.14. The first-order valence-corrected chi connectivity index (χ1v) is 6.15. The summed E-state index contributed by atoms with van der Waals surface area (Å²) in [5.74, 6) is 2.70. The lowest BCUT2D eigenvalue weighted by molar-refractivity contribution is -0.00826. The van der Waals surface area contributed by atoms with Gasteiger partial charge >= 0.3 is 0 Å². The van der Waals surface area contributed by atoms with Crippen molar-refractivity contribution in [2.45, 2.75) is 53.1 Å². The molecule has 0 aliphatic carbocycles. The summed E-state index contributed by atoms with van der Waals surface area (Å²) in [7, 11) is 0. The van der Waals surface area contributed by atoms with Gasteiger partial charge in [0.25, 0.3) is 0 Å². The molecular weight excluding hydrogens is 216 g/mol. The Labute approximate surface area is 106 Å². The van der Waals surface area contributed by atoms with Crippen molar-refractivity contribution in [2.75, 3.05) is 19.8 Å². The molecule has 1 N–H and O–H groups in total. The summed E-state index contributed by atoms with van der Waals surface area (Å²) >= 11 is 0. The van der Waals surface area contributed by atoms with Crippen LogP contribution in [-0.4, -0.2) is 30.5 Å². The lowest BCUT2D eigenvalue weighted by Gasteiger charge is -2.19. The fourth-order valence-electron chi connectivity index (χ4n) is 1.20. The van der Waals surface area contributed by atoms with Crippen LogP contribution in [-0.2, 0) is 9.47 Å². The Balaban J connectivity index is 3.44. The van der Waals surface area contributed by atoms with Crippen LogP contribution in [0.1, 0.15) is 47.5 Å². The van der Waals surface area contributed by atoms with E-state index in [0.29, 0.717) is 13.2 Å². The molecule has 0 atom stereocenters. The van der Waals surface area contributed by atoms with Crippen molar-refractivity contribution >= 4 is 0 Å². The summed E-state index contributed by atoms with van der Waals surface area (Å²) in [5, 5.41) is 8.52. The minimum Gasteiger partial charge on any atom is -0.462 e. The van der Waals surface area contributed by atoms with Crippen LogP contribution in [0.2, 0.25) is 0 Å². The zero-order chi connectivity index (χ0) is 13.4. The molecule has 0 saturated heterocycles. The van der Waals surface area contributed by atoms with Crippen LogP contribution >= 0.6 is 0 Å². The molecule has 0 spiro atoms. The second kappa shape index (κ2) is 7.58. The summed E-state index contributed by atoms with van der Waals surface area (Å²) in [6.45, 7) is 12.1. The van der Waals surface area contributed by atoms with Crippen LogP contribution in [0.5, 0.6) is 0 Å². The molecule has 3 heteroatoms. The number of aliphatic hydroxyl groups is 1. The standard InChI is InChI=1S/C14H26O3/c1-13(2,3)17-11-7-6-10-16-12-14(4,5)8-9-15/h15H,6-7,10-12H2,1-5H3. The number of aliphatic hydroxyl groups excluding tert-OH is 1. The molecule has 0 fully saturated rings. The van der Waals surface area contributed by atoms with Gasteiger partial charge in [0.1, 0.15) is 6.11 Å². The van der Waals surface area contributed by atoms with E-state index in [1.165, 1.54) is 0 Å². The monoisotopic (exact) mass is 242 g/mol. The van der Waals surface area contributed by atoms with Crippen molar-refractivity contribution in [3.05, 3.63) is 0 Å². The zero-order valence-electron chi connectivity index (χ0n) is 11.8. The summed E-state index contributed by atoms with van der Waals surface area (Å²) in [5.41, 5.74) is -0.337. The molecule has 0 aliphatic rings. The molecule has 100 valence electrons. The second-order valence-electron chi connectivity index (χ2n) is 5.84. The quantitative estimate of drug-likeness (QED) is 0.551. The molecule has 0 heterocycles. The van der Waals surface area contributed by atoms with Gasteiger partial charge in [-0.15, -0.1) is 0 Å². The van der Waals surface area contributed by atoms with Gasteiger partial charge in [-0.25, -0.2) is 0 Å². The van der Waals surface area contributed by atoms with Crippen molar-refractivity contribution in [2.24, 2.45) is 5.41 Å². The summed E-state index contributed by atoms with van der Waals surface area (Å²) in [4.78, 5) is 0. The highest BCUT2D eigenvalue weighted by atomic mass is 16.5. The van der Waals surface area contributed by atoms with Gasteiger partial charge in [-0.1, -0.05) is 5.92 Å². The predicted molar refractivity (Wildman–Crippen MR) is 69.3 cm³/mol. The van der Waals surface area contributed by atoms with Crippen molar-refractivity contribution in [1.29, 1.82) is 0 Å². The van der Waals surface area contributed by atoms with E-state index in [1.54, 1.807) is 0 Å². The number of unbranched alkanes of at least 4 members (excludes halogenated alkanes) is 1. The van der Waals surface area contributed by atoms with Gasteiger partial charge in [0, 0.05) is 13.2 Å². The Morgan fingerprint density at radius 2 is 1.59 bits per heavy atom. The van der Waals surface area contributed by atoms with Gasteiger partial charge in [0.2, 0.25) is 0 Å². The topological polar surface area (TPSA) is 38.7 Å². The molecule has 0 aromatic heterocycles. The number of hydrogen-bond acceptors (Lipinski definition) is 3. The van der Waals surface area contributed by atoms with Gasteiger partial charge in [0.15, 0.2) is 0 Å². The third kappa shape index (κ3) is 11.5. The maximum atomic E-state index is 8.52. The van der Waals surface area contributed by atoms with Crippen LogP contribution in [0.25, 0.3) is 0 Å². The molecule has 0 radical (unpaired) electrons. The van der Waals surface area contributed by atoms with Gasteiger partial charge in [-0.3, -0.25) is 0 Å². The fourth-order valence-corrected chi connectivity index (χ4v) is 1.20. The molecule has 0 aliphatic heterocycles. The first-order chi connectivity index (χ1) is 7.77. The molecule has 0 unspecified atom stereocenters. The number of ether oxygens (including phenoxy) is 2. The van der Waals surface area contributed by atoms with Crippen molar-refractivity contribution in [1.82, 2.24) is 0 Å². The first-order valence-electron chi connectivity index (χ1n) is 6.15. The van der Waals surface area contributed by atoms with Gasteiger partial charge < -0.3 is 14.6 Å². The molecule has 0 aromatic rings. The Bertz CT molecular complexity index is 253. The largest absolute Gasteiger partial charge is 0.462 e. The van der Waals surface area contributed by atoms with E-state index >= 15 is 0 Å². The predicted octanol–water partition coefficient (Wildman–Crippen LogP) is 2.96. The number of rotatable bonds is 7. The molecule has 0 rings (SSSR count). The molecular formula is C14H26O3. The Kier molecular flexibility index (Phi) is 7.26. The van der Waals surface area contributed by atoms with E-state index in [1.807, 2.05) is 20.0 Å². The van der Waals surface area contributed by atoms with Gasteiger partial charge in [-0.2, -0.15) is 0 Å². The number of hydrogen-bond donors (Lipinski definition) is 1. The van der Waals surface area contributed by atoms with Crippen molar-refractivity contribution in [3.63, 3.8) is 0 Å². The third-order valence-electron chi connectivity index (χ3n) is 2.08. The van der Waals surface area contributed by atoms with E-state index in [9.17, 15) is 0 Å². The zero-order valence-corrected chi connectivity index (χ0v) is 11.8. The summed E-state index contributed by atoms with van der Waals surface area (Å²) in [6, 6.07) is 0. The third-order valence-corrected chi connectivity index (χ3v) is 2.08. The highest BCUT2D eigenvalue weighted by Crippen LogP contribution is 2.13. The Morgan fingerprint density at radius 3 is 2.12 bits per heavy atom. The second-order valence-corrected chi connectivity index (χ2v) is 5.84. The lowest BCUT2D eigenvalue weighted by atomic mass is 9.96.